The van der Waals surface area contributed by atoms with Gasteiger partial charge >= 0.3 is 0 Å². The highest BCUT2D eigenvalue weighted by atomic mass is 32.2. The predicted molar refractivity (Wildman–Crippen MR) is 73.1 cm³/mol. The van der Waals surface area contributed by atoms with Crippen molar-refractivity contribution in [3.63, 3.8) is 0 Å². The largest absolute Gasteiger partial charge is 0.307 e. The van der Waals surface area contributed by atoms with Gasteiger partial charge in [-0.2, -0.15) is 11.8 Å². The minimum absolute atomic E-state index is 0.392. The summed E-state index contributed by atoms with van der Waals surface area (Å²) in [5.74, 6) is 2.49. The molecule has 1 aliphatic heterocycles. The van der Waals surface area contributed by atoms with E-state index in [1.165, 1.54) is 17.9 Å². The Bertz CT molecular complexity index is 361. The van der Waals surface area contributed by atoms with Gasteiger partial charge in [-0.15, -0.1) is 0 Å². The molecule has 17 heavy (non-hydrogen) atoms. The van der Waals surface area contributed by atoms with Crippen molar-refractivity contribution in [2.45, 2.75) is 39.8 Å². The van der Waals surface area contributed by atoms with Crippen molar-refractivity contribution in [1.82, 2.24) is 15.3 Å². The van der Waals surface area contributed by atoms with Crippen LogP contribution in [0.2, 0.25) is 0 Å². The Morgan fingerprint density at radius 2 is 2.24 bits per heavy atom. The lowest BCUT2D eigenvalue weighted by atomic mass is 9.82. The van der Waals surface area contributed by atoms with Crippen LogP contribution in [0.25, 0.3) is 0 Å². The fourth-order valence-electron chi connectivity index (χ4n) is 2.01. The van der Waals surface area contributed by atoms with Gasteiger partial charge in [-0.1, -0.05) is 13.8 Å². The lowest BCUT2D eigenvalue weighted by Crippen LogP contribution is -2.46. The van der Waals surface area contributed by atoms with Gasteiger partial charge in [0.15, 0.2) is 0 Å². The third-order valence-corrected chi connectivity index (χ3v) is 4.54. The summed E-state index contributed by atoms with van der Waals surface area (Å²) >= 11 is 2.04. The van der Waals surface area contributed by atoms with E-state index in [1.54, 1.807) is 0 Å². The summed E-state index contributed by atoms with van der Waals surface area (Å²) in [7, 11) is 0. The number of rotatable bonds is 3. The van der Waals surface area contributed by atoms with E-state index in [0.29, 0.717) is 11.5 Å². The molecule has 0 amide bonds. The van der Waals surface area contributed by atoms with Crippen LogP contribution >= 0.6 is 11.8 Å². The van der Waals surface area contributed by atoms with Crippen LogP contribution < -0.4 is 5.32 Å². The number of nitrogens with one attached hydrogen (secondary N) is 1. The van der Waals surface area contributed by atoms with E-state index in [4.69, 9.17) is 0 Å². The lowest BCUT2D eigenvalue weighted by molar-refractivity contribution is 0.244. The third-order valence-electron chi connectivity index (χ3n) is 3.48. The van der Waals surface area contributed by atoms with E-state index < -0.39 is 0 Å². The topological polar surface area (TPSA) is 37.8 Å². The second-order valence-corrected chi connectivity index (χ2v) is 6.55. The van der Waals surface area contributed by atoms with Gasteiger partial charge < -0.3 is 5.32 Å². The summed E-state index contributed by atoms with van der Waals surface area (Å²) in [6, 6.07) is 0.573. The van der Waals surface area contributed by atoms with Crippen LogP contribution in [-0.4, -0.2) is 27.5 Å². The SMILES string of the molecule is Cc1cnc(CNC2CSCCC2(C)C)cn1. The van der Waals surface area contributed by atoms with Crippen LogP contribution in [0, 0.1) is 12.3 Å². The maximum Gasteiger partial charge on any atom is 0.0724 e. The van der Waals surface area contributed by atoms with Gasteiger partial charge in [0.1, 0.15) is 0 Å². The molecule has 1 aliphatic rings. The number of aryl methyl sites for hydroxylation is 1. The van der Waals surface area contributed by atoms with Crippen molar-refractivity contribution in [1.29, 1.82) is 0 Å². The molecule has 0 radical (unpaired) electrons. The number of hydrogen-bond acceptors (Lipinski definition) is 4. The molecule has 4 heteroatoms. The smallest absolute Gasteiger partial charge is 0.0724 e. The van der Waals surface area contributed by atoms with E-state index in [1.807, 2.05) is 31.1 Å². The van der Waals surface area contributed by atoms with E-state index in [0.717, 1.165) is 17.9 Å². The molecule has 1 aromatic rings. The van der Waals surface area contributed by atoms with Gasteiger partial charge in [-0.3, -0.25) is 9.97 Å². The highest BCUT2D eigenvalue weighted by molar-refractivity contribution is 7.99. The standard InChI is InChI=1S/C13H21N3S/c1-10-6-15-11(7-14-10)8-16-12-9-17-5-4-13(12,2)3/h6-7,12,16H,4-5,8-9H2,1-3H3. The second-order valence-electron chi connectivity index (χ2n) is 5.40. The molecule has 2 heterocycles. The number of thioether (sulfide) groups is 1. The molecule has 1 atom stereocenters. The maximum absolute atomic E-state index is 4.38. The van der Waals surface area contributed by atoms with Crippen molar-refractivity contribution >= 4 is 11.8 Å². The second kappa shape index (κ2) is 5.36. The molecule has 94 valence electrons. The highest BCUT2D eigenvalue weighted by Gasteiger charge is 2.31. The molecule has 1 aromatic heterocycles. The van der Waals surface area contributed by atoms with Crippen LogP contribution in [-0.2, 0) is 6.54 Å². The van der Waals surface area contributed by atoms with Crippen LogP contribution in [0.3, 0.4) is 0 Å². The fraction of sp³-hybridized carbons (Fsp3) is 0.692. The van der Waals surface area contributed by atoms with Crippen LogP contribution in [0.1, 0.15) is 31.7 Å². The summed E-state index contributed by atoms with van der Waals surface area (Å²) in [4.78, 5) is 8.65. The van der Waals surface area contributed by atoms with Gasteiger partial charge in [0.2, 0.25) is 0 Å². The van der Waals surface area contributed by atoms with E-state index in [-0.39, 0.29) is 0 Å². The molecule has 3 nitrogen and oxygen atoms in total. The van der Waals surface area contributed by atoms with Crippen LogP contribution in [0.15, 0.2) is 12.4 Å². The molecule has 1 saturated heterocycles. The Balaban J connectivity index is 1.91. The lowest BCUT2D eigenvalue weighted by Gasteiger charge is -2.38. The first-order valence-electron chi connectivity index (χ1n) is 6.16. The molecule has 1 N–H and O–H groups in total. The van der Waals surface area contributed by atoms with Gasteiger partial charge in [0.25, 0.3) is 0 Å². The zero-order valence-corrected chi connectivity index (χ0v) is 11.7. The van der Waals surface area contributed by atoms with Gasteiger partial charge in [0, 0.05) is 30.7 Å². The van der Waals surface area contributed by atoms with Gasteiger partial charge in [-0.05, 0) is 24.5 Å². The quantitative estimate of drug-likeness (QED) is 0.895. The molecular weight excluding hydrogens is 230 g/mol. The van der Waals surface area contributed by atoms with Crippen molar-refractivity contribution in [2.24, 2.45) is 5.41 Å². The van der Waals surface area contributed by atoms with Crippen LogP contribution in [0.4, 0.5) is 0 Å². The first kappa shape index (κ1) is 12.8. The van der Waals surface area contributed by atoms with Crippen molar-refractivity contribution in [2.75, 3.05) is 11.5 Å². The molecular formula is C13H21N3S. The molecule has 1 unspecified atom stereocenters. The molecule has 0 aliphatic carbocycles. The first-order valence-corrected chi connectivity index (χ1v) is 7.32. The third kappa shape index (κ3) is 3.42. The Morgan fingerprint density at radius 3 is 2.88 bits per heavy atom. The molecule has 0 bridgehead atoms. The first-order chi connectivity index (χ1) is 8.08. The summed E-state index contributed by atoms with van der Waals surface area (Å²) in [5.41, 5.74) is 2.40. The molecule has 1 fully saturated rings. The van der Waals surface area contributed by atoms with E-state index >= 15 is 0 Å². The van der Waals surface area contributed by atoms with E-state index in [2.05, 4.69) is 29.1 Å². The number of hydrogen-bond donors (Lipinski definition) is 1. The Morgan fingerprint density at radius 1 is 1.41 bits per heavy atom. The zero-order chi connectivity index (χ0) is 12.3. The number of nitrogens with zero attached hydrogens (tertiary/aromatic N) is 2. The predicted octanol–water partition coefficient (Wildman–Crippen LogP) is 2.41. The molecule has 0 aromatic carbocycles. The Labute approximate surface area is 108 Å². The number of aromatic nitrogens is 2. The monoisotopic (exact) mass is 251 g/mol. The normalized spacial score (nSPS) is 23.6. The summed E-state index contributed by atoms with van der Waals surface area (Å²) in [5, 5.41) is 3.62. The van der Waals surface area contributed by atoms with Crippen molar-refractivity contribution < 1.29 is 0 Å². The fourth-order valence-corrected chi connectivity index (χ4v) is 3.65. The maximum atomic E-state index is 4.38. The summed E-state index contributed by atoms with van der Waals surface area (Å²) < 4.78 is 0. The van der Waals surface area contributed by atoms with Gasteiger partial charge in [-0.25, -0.2) is 0 Å². The van der Waals surface area contributed by atoms with E-state index in [9.17, 15) is 0 Å². The molecule has 0 saturated carbocycles. The van der Waals surface area contributed by atoms with Gasteiger partial charge in [0.05, 0.1) is 11.4 Å². The molecule has 2 rings (SSSR count). The van der Waals surface area contributed by atoms with Crippen molar-refractivity contribution in [3.8, 4) is 0 Å². The Hall–Kier alpha value is -0.610. The highest BCUT2D eigenvalue weighted by Crippen LogP contribution is 2.34. The minimum atomic E-state index is 0.392. The minimum Gasteiger partial charge on any atom is -0.307 e. The average Bonchev–Trinajstić information content (AvgIpc) is 2.29. The Kier molecular flexibility index (Phi) is 4.05. The van der Waals surface area contributed by atoms with Crippen LogP contribution in [0.5, 0.6) is 0 Å². The average molecular weight is 251 g/mol. The summed E-state index contributed by atoms with van der Waals surface area (Å²) in [6.45, 7) is 7.49. The van der Waals surface area contributed by atoms with Crippen molar-refractivity contribution in [3.05, 3.63) is 23.8 Å². The molecule has 0 spiro atoms. The summed E-state index contributed by atoms with van der Waals surface area (Å²) in [6.07, 6.45) is 4.98. The zero-order valence-electron chi connectivity index (χ0n) is 10.9.